The number of furan rings is 1. The molecule has 1 aromatic carbocycles. The fourth-order valence-corrected chi connectivity index (χ4v) is 3.42. The zero-order valence-corrected chi connectivity index (χ0v) is 15.0. The van der Waals surface area contributed by atoms with Gasteiger partial charge >= 0.3 is 0 Å². The summed E-state index contributed by atoms with van der Waals surface area (Å²) in [5.41, 5.74) is 0.957. The number of ether oxygens (including phenoxy) is 1. The Morgan fingerprint density at radius 2 is 1.96 bits per heavy atom. The maximum atomic E-state index is 12.6. The van der Waals surface area contributed by atoms with Crippen LogP contribution in [0.2, 0.25) is 0 Å². The van der Waals surface area contributed by atoms with Crippen LogP contribution in [0.25, 0.3) is 0 Å². The number of rotatable bonds is 9. The first-order valence-corrected chi connectivity index (χ1v) is 9.29. The summed E-state index contributed by atoms with van der Waals surface area (Å²) < 4.78 is 37.9. The molecule has 136 valence electrons. The van der Waals surface area contributed by atoms with Gasteiger partial charge in [-0.3, -0.25) is 4.79 Å². The molecule has 1 amide bonds. The monoisotopic (exact) mass is 366 g/mol. The number of methoxy groups -OCH3 is 1. The van der Waals surface area contributed by atoms with Gasteiger partial charge in [-0.1, -0.05) is 17.7 Å². The molecule has 0 aliphatic carbocycles. The third-order valence-electron chi connectivity index (χ3n) is 3.53. The Balaban J connectivity index is 2.13. The first-order chi connectivity index (χ1) is 11.9. The van der Waals surface area contributed by atoms with E-state index in [1.54, 1.807) is 24.3 Å². The van der Waals surface area contributed by atoms with Gasteiger partial charge in [0, 0.05) is 13.7 Å². The van der Waals surface area contributed by atoms with Crippen molar-refractivity contribution in [2.24, 2.45) is 0 Å². The highest BCUT2D eigenvalue weighted by Gasteiger charge is 2.25. The molecule has 1 aromatic heterocycles. The second-order valence-corrected chi connectivity index (χ2v) is 7.26. The molecule has 0 aliphatic heterocycles. The van der Waals surface area contributed by atoms with E-state index < -0.39 is 16.1 Å². The molecule has 2 N–H and O–H groups in total. The highest BCUT2D eigenvalue weighted by molar-refractivity contribution is 7.89. The van der Waals surface area contributed by atoms with Gasteiger partial charge in [-0.25, -0.2) is 8.42 Å². The molecule has 2 rings (SSSR count). The molecule has 1 heterocycles. The lowest BCUT2D eigenvalue weighted by Gasteiger charge is -2.17. The molecule has 25 heavy (non-hydrogen) atoms. The molecular formula is C17H22N2O5S. The molecule has 1 atom stereocenters. The number of amides is 1. The van der Waals surface area contributed by atoms with Gasteiger partial charge < -0.3 is 14.5 Å². The average molecular weight is 366 g/mol. The molecule has 0 fully saturated rings. The van der Waals surface area contributed by atoms with Crippen molar-refractivity contribution >= 4 is 15.9 Å². The van der Waals surface area contributed by atoms with E-state index in [-0.39, 0.29) is 17.2 Å². The predicted octanol–water partition coefficient (Wildman–Crippen LogP) is 1.76. The molecule has 0 saturated carbocycles. The number of carbonyl (C=O) groups is 1. The third kappa shape index (κ3) is 5.70. The quantitative estimate of drug-likeness (QED) is 0.659. The Hall–Kier alpha value is -2.16. The van der Waals surface area contributed by atoms with Crippen molar-refractivity contribution in [3.8, 4) is 0 Å². The van der Waals surface area contributed by atoms with Gasteiger partial charge in [-0.15, -0.1) is 0 Å². The number of hydrogen-bond acceptors (Lipinski definition) is 5. The largest absolute Gasteiger partial charge is 0.468 e. The number of hydrogen-bond donors (Lipinski definition) is 2. The minimum Gasteiger partial charge on any atom is -0.468 e. The van der Waals surface area contributed by atoms with Gasteiger partial charge in [0.25, 0.3) is 0 Å². The number of aryl methyl sites for hydroxylation is 1. The molecule has 7 nitrogen and oxygen atoms in total. The van der Waals surface area contributed by atoms with E-state index in [9.17, 15) is 13.2 Å². The van der Waals surface area contributed by atoms with Crippen molar-refractivity contribution < 1.29 is 22.4 Å². The zero-order valence-electron chi connectivity index (χ0n) is 14.2. The van der Waals surface area contributed by atoms with E-state index in [1.807, 2.05) is 6.92 Å². The summed E-state index contributed by atoms with van der Waals surface area (Å²) in [6, 6.07) is 8.95. The Morgan fingerprint density at radius 1 is 1.24 bits per heavy atom. The zero-order chi connectivity index (χ0) is 18.3. The molecule has 0 radical (unpaired) electrons. The van der Waals surface area contributed by atoms with Crippen LogP contribution in [-0.2, 0) is 19.6 Å². The van der Waals surface area contributed by atoms with Crippen molar-refractivity contribution in [2.45, 2.75) is 24.3 Å². The summed E-state index contributed by atoms with van der Waals surface area (Å²) in [7, 11) is -2.25. The Kier molecular flexibility index (Phi) is 6.74. The van der Waals surface area contributed by atoms with Gasteiger partial charge in [-0.05, 0) is 31.2 Å². The minimum absolute atomic E-state index is 0.0810. The highest BCUT2D eigenvalue weighted by atomic mass is 32.2. The van der Waals surface area contributed by atoms with E-state index >= 15 is 0 Å². The van der Waals surface area contributed by atoms with E-state index in [4.69, 9.17) is 9.15 Å². The van der Waals surface area contributed by atoms with Crippen LogP contribution in [0.4, 0.5) is 0 Å². The second kappa shape index (κ2) is 8.80. The van der Waals surface area contributed by atoms with E-state index in [2.05, 4.69) is 10.0 Å². The van der Waals surface area contributed by atoms with Crippen molar-refractivity contribution in [3.05, 3.63) is 54.0 Å². The molecule has 0 saturated heterocycles. The topological polar surface area (TPSA) is 97.6 Å². The maximum Gasteiger partial charge on any atom is 0.241 e. The first kappa shape index (κ1) is 19.2. The van der Waals surface area contributed by atoms with Crippen LogP contribution in [0.5, 0.6) is 0 Å². The molecule has 2 aromatic rings. The van der Waals surface area contributed by atoms with E-state index in [0.29, 0.717) is 18.9 Å². The summed E-state index contributed by atoms with van der Waals surface area (Å²) in [5.74, 6) is 0.0719. The van der Waals surface area contributed by atoms with Gasteiger partial charge in [-0.2, -0.15) is 4.72 Å². The molecule has 0 unspecified atom stereocenters. The Bertz CT molecular complexity index is 770. The summed E-state index contributed by atoms with van der Waals surface area (Å²) in [5, 5.41) is 2.67. The lowest BCUT2D eigenvalue weighted by Crippen LogP contribution is -2.34. The lowest BCUT2D eigenvalue weighted by atomic mass is 10.1. The highest BCUT2D eigenvalue weighted by Crippen LogP contribution is 2.21. The van der Waals surface area contributed by atoms with Gasteiger partial charge in [0.05, 0.1) is 30.2 Å². The third-order valence-corrected chi connectivity index (χ3v) is 5.02. The van der Waals surface area contributed by atoms with Crippen molar-refractivity contribution in [2.75, 3.05) is 20.3 Å². The van der Waals surface area contributed by atoms with Crippen LogP contribution < -0.4 is 10.0 Å². The van der Waals surface area contributed by atoms with Crippen LogP contribution in [0, 0.1) is 6.92 Å². The Labute approximate surface area is 147 Å². The minimum atomic E-state index is -3.79. The standard InChI is InChI=1S/C17H22N2O5S/c1-13-5-7-14(8-6-13)25(21,22)19-15(16-4-3-10-24-16)12-17(20)18-9-11-23-2/h3-8,10,15,19H,9,11-12H2,1-2H3,(H,18,20)/t15-/m1/s1. The summed E-state index contributed by atoms with van der Waals surface area (Å²) >= 11 is 0. The lowest BCUT2D eigenvalue weighted by molar-refractivity contribution is -0.121. The van der Waals surface area contributed by atoms with Crippen molar-refractivity contribution in [3.63, 3.8) is 0 Å². The number of sulfonamides is 1. The molecule has 0 bridgehead atoms. The normalized spacial score (nSPS) is 12.7. The van der Waals surface area contributed by atoms with Crippen molar-refractivity contribution in [1.29, 1.82) is 0 Å². The molecule has 0 spiro atoms. The number of nitrogens with one attached hydrogen (secondary N) is 2. The SMILES string of the molecule is COCCNC(=O)C[C@@H](NS(=O)(=O)c1ccc(C)cc1)c1ccco1. The van der Waals surface area contributed by atoms with Crippen LogP contribution in [0.3, 0.4) is 0 Å². The number of carbonyl (C=O) groups excluding carboxylic acids is 1. The van der Waals surface area contributed by atoms with Gasteiger partial charge in [0.2, 0.25) is 15.9 Å². The van der Waals surface area contributed by atoms with Crippen LogP contribution in [-0.4, -0.2) is 34.6 Å². The molecule has 8 heteroatoms. The molecular weight excluding hydrogens is 344 g/mol. The predicted molar refractivity (Wildman–Crippen MR) is 92.5 cm³/mol. The maximum absolute atomic E-state index is 12.6. The first-order valence-electron chi connectivity index (χ1n) is 7.80. The van der Waals surface area contributed by atoms with Gasteiger partial charge in [0.15, 0.2) is 0 Å². The summed E-state index contributed by atoms with van der Waals surface area (Å²) in [4.78, 5) is 12.2. The average Bonchev–Trinajstić information content (AvgIpc) is 3.09. The summed E-state index contributed by atoms with van der Waals surface area (Å²) in [6.07, 6.45) is 1.35. The van der Waals surface area contributed by atoms with Crippen LogP contribution in [0.1, 0.15) is 23.8 Å². The fraction of sp³-hybridized carbons (Fsp3) is 0.353. The van der Waals surface area contributed by atoms with Gasteiger partial charge in [0.1, 0.15) is 5.76 Å². The van der Waals surface area contributed by atoms with E-state index in [1.165, 1.54) is 25.5 Å². The Morgan fingerprint density at radius 3 is 2.56 bits per heavy atom. The second-order valence-electron chi connectivity index (χ2n) is 5.55. The van der Waals surface area contributed by atoms with Crippen LogP contribution >= 0.6 is 0 Å². The van der Waals surface area contributed by atoms with Crippen molar-refractivity contribution in [1.82, 2.24) is 10.0 Å². The molecule has 0 aliphatic rings. The summed E-state index contributed by atoms with van der Waals surface area (Å²) in [6.45, 7) is 2.61. The fourth-order valence-electron chi connectivity index (χ4n) is 2.21. The number of benzene rings is 1. The smallest absolute Gasteiger partial charge is 0.241 e. The van der Waals surface area contributed by atoms with E-state index in [0.717, 1.165) is 5.56 Å². The van der Waals surface area contributed by atoms with Crippen LogP contribution in [0.15, 0.2) is 52.0 Å².